The fourth-order valence-corrected chi connectivity index (χ4v) is 3.55. The molecule has 2 fully saturated rings. The fraction of sp³-hybridized carbons (Fsp3) is 0.706. The molecule has 0 N–H and O–H groups in total. The van der Waals surface area contributed by atoms with Crippen molar-refractivity contribution in [3.05, 3.63) is 23.8 Å². The highest BCUT2D eigenvalue weighted by atomic mass is 16.2. The summed E-state index contributed by atoms with van der Waals surface area (Å²) >= 11 is 0. The number of hydrogen-bond acceptors (Lipinski definition) is 4. The summed E-state index contributed by atoms with van der Waals surface area (Å²) in [6, 6.07) is 0.496. The maximum atomic E-state index is 12.4. The van der Waals surface area contributed by atoms with Gasteiger partial charge in [0, 0.05) is 50.1 Å². The van der Waals surface area contributed by atoms with Crippen molar-refractivity contribution in [1.29, 1.82) is 0 Å². The second-order valence-corrected chi connectivity index (χ2v) is 6.45. The van der Waals surface area contributed by atoms with Crippen molar-refractivity contribution < 1.29 is 4.79 Å². The SMILES string of the molecule is CCc1ncc(CN2CCN(C3CCCCC3)C(=O)C2)cn1. The van der Waals surface area contributed by atoms with Crippen LogP contribution in [0.2, 0.25) is 0 Å². The molecule has 22 heavy (non-hydrogen) atoms. The van der Waals surface area contributed by atoms with Crippen LogP contribution in [0.5, 0.6) is 0 Å². The minimum absolute atomic E-state index is 0.296. The Balaban J connectivity index is 1.54. The minimum atomic E-state index is 0.296. The molecule has 3 rings (SSSR count). The van der Waals surface area contributed by atoms with Crippen molar-refractivity contribution >= 4 is 5.91 Å². The first-order valence-electron chi connectivity index (χ1n) is 8.58. The molecule has 0 radical (unpaired) electrons. The van der Waals surface area contributed by atoms with Gasteiger partial charge in [0.1, 0.15) is 5.82 Å². The summed E-state index contributed by atoms with van der Waals surface area (Å²) in [4.78, 5) is 25.5. The summed E-state index contributed by atoms with van der Waals surface area (Å²) in [5.41, 5.74) is 1.09. The van der Waals surface area contributed by atoms with Gasteiger partial charge >= 0.3 is 0 Å². The lowest BCUT2D eigenvalue weighted by Gasteiger charge is -2.40. The highest BCUT2D eigenvalue weighted by Gasteiger charge is 2.30. The van der Waals surface area contributed by atoms with Crippen molar-refractivity contribution in [3.8, 4) is 0 Å². The Morgan fingerprint density at radius 2 is 1.86 bits per heavy atom. The van der Waals surface area contributed by atoms with Crippen LogP contribution in [-0.4, -0.2) is 51.4 Å². The first-order chi connectivity index (χ1) is 10.8. The van der Waals surface area contributed by atoms with Crippen LogP contribution in [0, 0.1) is 0 Å². The fourth-order valence-electron chi connectivity index (χ4n) is 3.55. The number of aryl methyl sites for hydroxylation is 1. The van der Waals surface area contributed by atoms with E-state index in [1.54, 1.807) is 0 Å². The molecule has 1 aliphatic carbocycles. The van der Waals surface area contributed by atoms with Crippen molar-refractivity contribution in [1.82, 2.24) is 19.8 Å². The van der Waals surface area contributed by atoms with Gasteiger partial charge in [0.05, 0.1) is 6.54 Å². The lowest BCUT2D eigenvalue weighted by atomic mass is 9.93. The number of amides is 1. The largest absolute Gasteiger partial charge is 0.337 e. The Morgan fingerprint density at radius 3 is 2.50 bits per heavy atom. The number of rotatable bonds is 4. The third-order valence-electron chi connectivity index (χ3n) is 4.83. The van der Waals surface area contributed by atoms with E-state index >= 15 is 0 Å². The number of nitrogens with zero attached hydrogens (tertiary/aromatic N) is 4. The molecule has 1 saturated heterocycles. The molecule has 0 bridgehead atoms. The summed E-state index contributed by atoms with van der Waals surface area (Å²) in [6.45, 7) is 5.19. The van der Waals surface area contributed by atoms with Crippen LogP contribution in [-0.2, 0) is 17.8 Å². The molecule has 120 valence electrons. The van der Waals surface area contributed by atoms with Crippen molar-refractivity contribution in [2.24, 2.45) is 0 Å². The molecule has 1 amide bonds. The van der Waals surface area contributed by atoms with Gasteiger partial charge in [-0.15, -0.1) is 0 Å². The summed E-state index contributed by atoms with van der Waals surface area (Å²) in [6.07, 6.45) is 10.9. The Kier molecular flexibility index (Phi) is 5.03. The third-order valence-corrected chi connectivity index (χ3v) is 4.83. The zero-order chi connectivity index (χ0) is 15.4. The summed E-state index contributed by atoms with van der Waals surface area (Å²) in [5.74, 6) is 1.17. The predicted octanol–water partition coefficient (Wildman–Crippen LogP) is 2.02. The molecule has 2 heterocycles. The van der Waals surface area contributed by atoms with Gasteiger partial charge in [-0.2, -0.15) is 0 Å². The van der Waals surface area contributed by atoms with Gasteiger partial charge in [-0.3, -0.25) is 9.69 Å². The first-order valence-corrected chi connectivity index (χ1v) is 8.58. The average Bonchev–Trinajstić information content (AvgIpc) is 2.56. The molecular formula is C17H26N4O. The summed E-state index contributed by atoms with van der Waals surface area (Å²) < 4.78 is 0. The van der Waals surface area contributed by atoms with E-state index in [2.05, 4.69) is 26.7 Å². The molecule has 0 atom stereocenters. The molecule has 1 aromatic heterocycles. The van der Waals surface area contributed by atoms with Crippen molar-refractivity contribution in [2.75, 3.05) is 19.6 Å². The zero-order valence-corrected chi connectivity index (χ0v) is 13.5. The lowest BCUT2D eigenvalue weighted by molar-refractivity contribution is -0.139. The van der Waals surface area contributed by atoms with E-state index in [9.17, 15) is 4.79 Å². The molecular weight excluding hydrogens is 276 g/mol. The lowest BCUT2D eigenvalue weighted by Crippen LogP contribution is -2.54. The predicted molar refractivity (Wildman–Crippen MR) is 85.3 cm³/mol. The van der Waals surface area contributed by atoms with Crippen molar-refractivity contribution in [3.63, 3.8) is 0 Å². The van der Waals surface area contributed by atoms with E-state index in [0.717, 1.165) is 37.4 Å². The van der Waals surface area contributed by atoms with Gasteiger partial charge in [-0.25, -0.2) is 9.97 Å². The Bertz CT molecular complexity index is 496. The molecule has 5 heteroatoms. The van der Waals surface area contributed by atoms with Crippen LogP contribution in [0.15, 0.2) is 12.4 Å². The monoisotopic (exact) mass is 302 g/mol. The van der Waals surface area contributed by atoms with Crippen LogP contribution in [0.1, 0.15) is 50.4 Å². The molecule has 2 aliphatic rings. The average molecular weight is 302 g/mol. The Labute approximate surface area is 132 Å². The Hall–Kier alpha value is -1.49. The standard InChI is InChI=1S/C17H26N4O/c1-2-16-18-10-14(11-19-16)12-20-8-9-21(17(22)13-20)15-6-4-3-5-7-15/h10-11,15H,2-9,12-13H2,1H3. The molecule has 0 spiro atoms. The molecule has 0 aromatic carbocycles. The summed E-state index contributed by atoms with van der Waals surface area (Å²) in [7, 11) is 0. The van der Waals surface area contributed by atoms with E-state index < -0.39 is 0 Å². The van der Waals surface area contributed by atoms with E-state index in [1.165, 1.54) is 32.1 Å². The van der Waals surface area contributed by atoms with Gasteiger partial charge in [0.2, 0.25) is 5.91 Å². The zero-order valence-electron chi connectivity index (χ0n) is 13.5. The first kappa shape index (κ1) is 15.4. The van der Waals surface area contributed by atoms with Crippen LogP contribution >= 0.6 is 0 Å². The van der Waals surface area contributed by atoms with Gasteiger partial charge in [0.25, 0.3) is 0 Å². The second-order valence-electron chi connectivity index (χ2n) is 6.45. The van der Waals surface area contributed by atoms with E-state index in [4.69, 9.17) is 0 Å². The Morgan fingerprint density at radius 1 is 1.14 bits per heavy atom. The van der Waals surface area contributed by atoms with Crippen LogP contribution < -0.4 is 0 Å². The number of hydrogen-bond donors (Lipinski definition) is 0. The quantitative estimate of drug-likeness (QED) is 0.854. The number of carbonyl (C=O) groups excluding carboxylic acids is 1. The highest BCUT2D eigenvalue weighted by Crippen LogP contribution is 2.24. The van der Waals surface area contributed by atoms with Crippen LogP contribution in [0.25, 0.3) is 0 Å². The third kappa shape index (κ3) is 3.64. The van der Waals surface area contributed by atoms with E-state index in [0.29, 0.717) is 18.5 Å². The van der Waals surface area contributed by atoms with Crippen molar-refractivity contribution in [2.45, 2.75) is 58.0 Å². The molecule has 1 aromatic rings. The second kappa shape index (κ2) is 7.18. The van der Waals surface area contributed by atoms with Gasteiger partial charge in [0.15, 0.2) is 0 Å². The van der Waals surface area contributed by atoms with Gasteiger partial charge in [-0.1, -0.05) is 26.2 Å². The normalized spacial score (nSPS) is 21.3. The van der Waals surface area contributed by atoms with Crippen LogP contribution in [0.4, 0.5) is 0 Å². The van der Waals surface area contributed by atoms with E-state index in [1.807, 2.05) is 12.4 Å². The minimum Gasteiger partial charge on any atom is -0.337 e. The van der Waals surface area contributed by atoms with Gasteiger partial charge < -0.3 is 4.90 Å². The topological polar surface area (TPSA) is 49.3 Å². The van der Waals surface area contributed by atoms with E-state index in [-0.39, 0.29) is 0 Å². The van der Waals surface area contributed by atoms with Crippen LogP contribution in [0.3, 0.4) is 0 Å². The van der Waals surface area contributed by atoms with Gasteiger partial charge in [-0.05, 0) is 12.8 Å². The maximum absolute atomic E-state index is 12.4. The number of aromatic nitrogens is 2. The smallest absolute Gasteiger partial charge is 0.237 e. The molecule has 5 nitrogen and oxygen atoms in total. The molecule has 1 aliphatic heterocycles. The molecule has 1 saturated carbocycles. The highest BCUT2D eigenvalue weighted by molar-refractivity contribution is 5.79. The maximum Gasteiger partial charge on any atom is 0.237 e. The molecule has 0 unspecified atom stereocenters. The summed E-state index contributed by atoms with van der Waals surface area (Å²) in [5, 5.41) is 0. The number of piperazine rings is 1. The number of carbonyl (C=O) groups is 1.